The first-order chi connectivity index (χ1) is 10.2. The van der Waals surface area contributed by atoms with E-state index in [4.69, 9.17) is 5.73 Å². The van der Waals surface area contributed by atoms with Gasteiger partial charge in [-0.3, -0.25) is 4.79 Å². The zero-order valence-corrected chi connectivity index (χ0v) is 12.9. The summed E-state index contributed by atoms with van der Waals surface area (Å²) in [6.07, 6.45) is 5.47. The van der Waals surface area contributed by atoms with Gasteiger partial charge in [-0.2, -0.15) is 0 Å². The monoisotopic (exact) mass is 294 g/mol. The van der Waals surface area contributed by atoms with Crippen molar-refractivity contribution in [3.63, 3.8) is 0 Å². The standard InChI is InChI=1S/C17H27FN2O/c1-2-3-14(10-12-19)6-9-17(21)20-13-11-15-4-7-16(18)8-5-15/h4-5,7-8,14H,2-3,6,9-13,19H2,1H3,(H,20,21). The molecule has 21 heavy (non-hydrogen) atoms. The number of carbonyl (C=O) groups is 1. The summed E-state index contributed by atoms with van der Waals surface area (Å²) in [6, 6.07) is 6.39. The summed E-state index contributed by atoms with van der Waals surface area (Å²) in [5.41, 5.74) is 6.63. The summed E-state index contributed by atoms with van der Waals surface area (Å²) in [5.74, 6) is 0.419. The molecular formula is C17H27FN2O. The fourth-order valence-corrected chi connectivity index (χ4v) is 2.50. The van der Waals surface area contributed by atoms with E-state index in [1.54, 1.807) is 12.1 Å². The highest BCUT2D eigenvalue weighted by Crippen LogP contribution is 2.16. The number of hydrogen-bond donors (Lipinski definition) is 2. The Morgan fingerprint density at radius 3 is 2.57 bits per heavy atom. The van der Waals surface area contributed by atoms with Crippen LogP contribution in [-0.2, 0) is 11.2 Å². The summed E-state index contributed by atoms with van der Waals surface area (Å²) in [4.78, 5) is 11.8. The smallest absolute Gasteiger partial charge is 0.220 e. The zero-order chi connectivity index (χ0) is 15.5. The van der Waals surface area contributed by atoms with Crippen molar-refractivity contribution in [3.8, 4) is 0 Å². The molecule has 0 aliphatic rings. The Balaban J connectivity index is 2.19. The number of nitrogens with one attached hydrogen (secondary N) is 1. The molecule has 1 amide bonds. The minimum Gasteiger partial charge on any atom is -0.356 e. The number of nitrogens with two attached hydrogens (primary N) is 1. The number of hydrogen-bond acceptors (Lipinski definition) is 2. The summed E-state index contributed by atoms with van der Waals surface area (Å²) in [5, 5.41) is 2.92. The normalized spacial score (nSPS) is 12.1. The van der Waals surface area contributed by atoms with Gasteiger partial charge in [0, 0.05) is 13.0 Å². The van der Waals surface area contributed by atoms with E-state index >= 15 is 0 Å². The van der Waals surface area contributed by atoms with Crippen molar-refractivity contribution in [2.45, 2.75) is 45.4 Å². The van der Waals surface area contributed by atoms with Gasteiger partial charge >= 0.3 is 0 Å². The van der Waals surface area contributed by atoms with Gasteiger partial charge in [-0.25, -0.2) is 4.39 Å². The van der Waals surface area contributed by atoms with E-state index in [1.165, 1.54) is 12.1 Å². The second kappa shape index (κ2) is 10.3. The Morgan fingerprint density at radius 2 is 1.95 bits per heavy atom. The minimum absolute atomic E-state index is 0.0928. The average Bonchev–Trinajstić information content (AvgIpc) is 2.47. The van der Waals surface area contributed by atoms with Gasteiger partial charge in [-0.15, -0.1) is 0 Å². The summed E-state index contributed by atoms with van der Waals surface area (Å²) >= 11 is 0. The third-order valence-electron chi connectivity index (χ3n) is 3.70. The second-order valence-electron chi connectivity index (χ2n) is 5.50. The molecule has 1 aromatic rings. The van der Waals surface area contributed by atoms with Gasteiger partial charge in [0.25, 0.3) is 0 Å². The van der Waals surface area contributed by atoms with Crippen molar-refractivity contribution >= 4 is 5.91 Å². The van der Waals surface area contributed by atoms with Crippen LogP contribution >= 0.6 is 0 Å². The fraction of sp³-hybridized carbons (Fsp3) is 0.588. The molecule has 0 fully saturated rings. The van der Waals surface area contributed by atoms with Gasteiger partial charge in [0.1, 0.15) is 5.82 Å². The fourth-order valence-electron chi connectivity index (χ4n) is 2.50. The van der Waals surface area contributed by atoms with Crippen molar-refractivity contribution in [2.24, 2.45) is 11.7 Å². The number of benzene rings is 1. The van der Waals surface area contributed by atoms with Crippen LogP contribution < -0.4 is 11.1 Å². The third kappa shape index (κ3) is 7.81. The predicted molar refractivity (Wildman–Crippen MR) is 84.4 cm³/mol. The molecule has 118 valence electrons. The van der Waals surface area contributed by atoms with E-state index in [1.807, 2.05) is 0 Å². The highest BCUT2D eigenvalue weighted by molar-refractivity contribution is 5.75. The van der Waals surface area contributed by atoms with E-state index < -0.39 is 0 Å². The molecule has 3 N–H and O–H groups in total. The average molecular weight is 294 g/mol. The molecule has 0 saturated carbocycles. The molecule has 0 aromatic heterocycles. The van der Waals surface area contributed by atoms with Crippen molar-refractivity contribution in [2.75, 3.05) is 13.1 Å². The molecule has 1 atom stereocenters. The summed E-state index contributed by atoms with van der Waals surface area (Å²) < 4.78 is 12.8. The first-order valence-corrected chi connectivity index (χ1v) is 7.87. The Hall–Kier alpha value is -1.42. The van der Waals surface area contributed by atoms with Crippen LogP contribution in [0.5, 0.6) is 0 Å². The van der Waals surface area contributed by atoms with Crippen LogP contribution in [0.2, 0.25) is 0 Å². The van der Waals surface area contributed by atoms with Crippen LogP contribution in [0.3, 0.4) is 0 Å². The van der Waals surface area contributed by atoms with E-state index in [-0.39, 0.29) is 11.7 Å². The number of rotatable bonds is 10. The highest BCUT2D eigenvalue weighted by atomic mass is 19.1. The van der Waals surface area contributed by atoms with Crippen LogP contribution in [0.15, 0.2) is 24.3 Å². The van der Waals surface area contributed by atoms with Crippen molar-refractivity contribution in [1.29, 1.82) is 0 Å². The molecule has 3 nitrogen and oxygen atoms in total. The van der Waals surface area contributed by atoms with Crippen molar-refractivity contribution in [3.05, 3.63) is 35.6 Å². The topological polar surface area (TPSA) is 55.1 Å². The molecule has 0 radical (unpaired) electrons. The maximum atomic E-state index is 12.8. The van der Waals surface area contributed by atoms with Gasteiger partial charge in [-0.1, -0.05) is 31.9 Å². The third-order valence-corrected chi connectivity index (χ3v) is 3.70. The second-order valence-corrected chi connectivity index (χ2v) is 5.50. The van der Waals surface area contributed by atoms with Gasteiger partial charge in [0.2, 0.25) is 5.91 Å². The highest BCUT2D eigenvalue weighted by Gasteiger charge is 2.09. The lowest BCUT2D eigenvalue weighted by molar-refractivity contribution is -0.121. The molecule has 0 bridgehead atoms. The van der Waals surface area contributed by atoms with Crippen LogP contribution in [0.25, 0.3) is 0 Å². The van der Waals surface area contributed by atoms with Gasteiger partial charge in [0.05, 0.1) is 0 Å². The SMILES string of the molecule is CCCC(CCN)CCC(=O)NCCc1ccc(F)cc1. The molecule has 0 saturated heterocycles. The maximum Gasteiger partial charge on any atom is 0.220 e. The Bertz CT molecular complexity index is 400. The Morgan fingerprint density at radius 1 is 1.24 bits per heavy atom. The molecule has 0 aliphatic heterocycles. The van der Waals surface area contributed by atoms with E-state index in [0.29, 0.717) is 25.4 Å². The molecule has 1 rings (SSSR count). The number of amides is 1. The lowest BCUT2D eigenvalue weighted by atomic mass is 9.94. The first kappa shape index (κ1) is 17.6. The first-order valence-electron chi connectivity index (χ1n) is 7.87. The molecule has 0 spiro atoms. The van der Waals surface area contributed by atoms with Gasteiger partial charge < -0.3 is 11.1 Å². The molecule has 1 aromatic carbocycles. The largest absolute Gasteiger partial charge is 0.356 e. The molecule has 0 aliphatic carbocycles. The van der Waals surface area contributed by atoms with Crippen LogP contribution in [0.4, 0.5) is 4.39 Å². The van der Waals surface area contributed by atoms with Gasteiger partial charge in [-0.05, 0) is 49.4 Å². The number of carbonyl (C=O) groups excluding carboxylic acids is 1. The predicted octanol–water partition coefficient (Wildman–Crippen LogP) is 3.03. The molecule has 0 heterocycles. The lowest BCUT2D eigenvalue weighted by Gasteiger charge is -2.14. The summed E-state index contributed by atoms with van der Waals surface area (Å²) in [6.45, 7) is 3.45. The van der Waals surface area contributed by atoms with Crippen molar-refractivity contribution < 1.29 is 9.18 Å². The molecular weight excluding hydrogens is 267 g/mol. The van der Waals surface area contributed by atoms with Crippen LogP contribution in [-0.4, -0.2) is 19.0 Å². The van der Waals surface area contributed by atoms with Crippen LogP contribution in [0.1, 0.15) is 44.6 Å². The minimum atomic E-state index is -0.232. The molecule has 1 unspecified atom stereocenters. The Labute approximate surface area is 127 Å². The summed E-state index contributed by atoms with van der Waals surface area (Å²) in [7, 11) is 0. The van der Waals surface area contributed by atoms with Gasteiger partial charge in [0.15, 0.2) is 0 Å². The van der Waals surface area contributed by atoms with Crippen molar-refractivity contribution in [1.82, 2.24) is 5.32 Å². The van der Waals surface area contributed by atoms with E-state index in [0.717, 1.165) is 37.7 Å². The maximum absolute atomic E-state index is 12.8. The molecule has 4 heteroatoms. The quantitative estimate of drug-likeness (QED) is 0.697. The van der Waals surface area contributed by atoms with E-state index in [9.17, 15) is 9.18 Å². The number of halogens is 1. The zero-order valence-electron chi connectivity index (χ0n) is 12.9. The van der Waals surface area contributed by atoms with Crippen LogP contribution in [0, 0.1) is 11.7 Å². The Kier molecular flexibility index (Phi) is 8.67. The van der Waals surface area contributed by atoms with E-state index in [2.05, 4.69) is 12.2 Å². The lowest BCUT2D eigenvalue weighted by Crippen LogP contribution is -2.26.